The first-order chi connectivity index (χ1) is 36.3. The van der Waals surface area contributed by atoms with Crippen LogP contribution in [0.25, 0.3) is 109 Å². The molecule has 4 aromatic heterocycles. The molecule has 0 N–H and O–H groups in total. The number of anilines is 6. The summed E-state index contributed by atoms with van der Waals surface area (Å²) in [5, 5.41) is 12.9. The van der Waals surface area contributed by atoms with Gasteiger partial charge in [0, 0.05) is 65.8 Å². The minimum absolute atomic E-state index is 0.424. The Morgan fingerprint density at radius 1 is 0.270 bits per heavy atom. The Morgan fingerprint density at radius 2 is 0.649 bits per heavy atom. The van der Waals surface area contributed by atoms with E-state index in [0.29, 0.717) is 11.8 Å². The quantitative estimate of drug-likeness (QED) is 0.151. The molecule has 15 aromatic rings. The minimum Gasteiger partial charge on any atom is -0.456 e. The van der Waals surface area contributed by atoms with E-state index in [-0.39, 0.29) is 0 Å². The van der Waals surface area contributed by atoms with Crippen LogP contribution in [-0.4, -0.2) is 0 Å². The highest BCUT2D eigenvalue weighted by molar-refractivity contribution is 6.19. The first-order valence-corrected chi connectivity index (χ1v) is 25.6. The molecular formula is C68H48N2O4. The van der Waals surface area contributed by atoms with E-state index in [2.05, 4.69) is 219 Å². The van der Waals surface area contributed by atoms with E-state index >= 15 is 0 Å². The summed E-state index contributed by atoms with van der Waals surface area (Å²) in [7, 11) is 0. The van der Waals surface area contributed by atoms with Gasteiger partial charge in [-0.15, -0.1) is 0 Å². The second-order valence-corrected chi connectivity index (χ2v) is 20.5. The molecule has 0 amide bonds. The fourth-order valence-corrected chi connectivity index (χ4v) is 11.5. The maximum atomic E-state index is 6.78. The molecule has 0 atom stereocenters. The van der Waals surface area contributed by atoms with Crippen LogP contribution in [-0.2, 0) is 0 Å². The van der Waals surface area contributed by atoms with Crippen molar-refractivity contribution in [1.82, 2.24) is 0 Å². The lowest BCUT2D eigenvalue weighted by Crippen LogP contribution is -2.10. The third-order valence-electron chi connectivity index (χ3n) is 15.3. The van der Waals surface area contributed by atoms with Gasteiger partial charge in [0.1, 0.15) is 33.5 Å². The number of furan rings is 4. The van der Waals surface area contributed by atoms with Crippen molar-refractivity contribution in [3.63, 3.8) is 0 Å². The van der Waals surface area contributed by atoms with Crippen LogP contribution < -0.4 is 9.80 Å². The smallest absolute Gasteiger partial charge is 0.159 e. The van der Waals surface area contributed by atoms with Crippen molar-refractivity contribution >= 4 is 143 Å². The van der Waals surface area contributed by atoms with Crippen molar-refractivity contribution in [2.45, 2.75) is 39.5 Å². The Balaban J connectivity index is 0.831. The number of para-hydroxylation sites is 4. The van der Waals surface area contributed by atoms with Gasteiger partial charge in [-0.25, -0.2) is 0 Å². The standard InChI is InChI=1S/C68H48N2O4/c1-39(2)41-19-25-47(26-20-41)69(59-15-9-13-53-51-11-5-7-17-61(51)73-67(53)59)49-29-23-43-33-55-57-37-66-58(38-65(57)71-63(55)35-45(43)31-49)56-34-44-24-30-50(32-46(44)36-64(56)72-66)70(48-27-21-42(22-28-48)40(3)4)60-16-10-14-54-52-12-6-8-18-62(52)74-68(54)60/h5-40H,1-4H3. The molecule has 0 aliphatic rings. The zero-order valence-corrected chi connectivity index (χ0v) is 41.3. The summed E-state index contributed by atoms with van der Waals surface area (Å²) >= 11 is 0. The monoisotopic (exact) mass is 956 g/mol. The molecule has 15 rings (SSSR count). The van der Waals surface area contributed by atoms with Gasteiger partial charge in [-0.1, -0.05) is 125 Å². The SMILES string of the molecule is CC(C)c1ccc(N(c2ccc3cc4c(cc3c2)oc2cc3c(cc24)oc2cc4cc(N(c5ccc(C(C)C)cc5)c5cccc6c5oc5ccccc56)ccc4cc23)c2cccc3c2oc2ccccc23)cc1. The molecule has 354 valence electrons. The average molecular weight is 957 g/mol. The summed E-state index contributed by atoms with van der Waals surface area (Å²) < 4.78 is 26.8. The van der Waals surface area contributed by atoms with Gasteiger partial charge in [0.05, 0.1) is 11.4 Å². The molecular weight excluding hydrogens is 909 g/mol. The van der Waals surface area contributed by atoms with Crippen LogP contribution in [0.2, 0.25) is 0 Å². The van der Waals surface area contributed by atoms with Crippen molar-refractivity contribution in [2.75, 3.05) is 9.80 Å². The molecule has 0 saturated carbocycles. The highest BCUT2D eigenvalue weighted by Gasteiger charge is 2.23. The van der Waals surface area contributed by atoms with E-state index in [1.165, 1.54) is 11.1 Å². The summed E-state index contributed by atoms with van der Waals surface area (Å²) in [6.45, 7) is 8.92. The second-order valence-electron chi connectivity index (χ2n) is 20.5. The Labute approximate surface area is 425 Å². The summed E-state index contributed by atoms with van der Waals surface area (Å²) in [4.78, 5) is 4.62. The van der Waals surface area contributed by atoms with E-state index in [4.69, 9.17) is 17.7 Å². The van der Waals surface area contributed by atoms with Gasteiger partial charge in [0.25, 0.3) is 0 Å². The second kappa shape index (κ2) is 16.1. The van der Waals surface area contributed by atoms with Crippen molar-refractivity contribution in [3.05, 3.63) is 217 Å². The number of hydrogen-bond acceptors (Lipinski definition) is 6. The van der Waals surface area contributed by atoms with Gasteiger partial charge in [0.2, 0.25) is 0 Å². The van der Waals surface area contributed by atoms with Crippen LogP contribution in [0.5, 0.6) is 0 Å². The third kappa shape index (κ3) is 6.57. The average Bonchev–Trinajstić information content (AvgIpc) is 4.19. The molecule has 11 aromatic carbocycles. The lowest BCUT2D eigenvalue weighted by molar-refractivity contribution is 0.664. The van der Waals surface area contributed by atoms with Gasteiger partial charge < -0.3 is 27.5 Å². The van der Waals surface area contributed by atoms with Crippen LogP contribution >= 0.6 is 0 Å². The summed E-state index contributed by atoms with van der Waals surface area (Å²) in [5.41, 5.74) is 15.5. The molecule has 0 unspecified atom stereocenters. The summed E-state index contributed by atoms with van der Waals surface area (Å²) in [6, 6.07) is 73.7. The highest BCUT2D eigenvalue weighted by Crippen LogP contribution is 2.47. The predicted octanol–water partition coefficient (Wildman–Crippen LogP) is 20.8. The van der Waals surface area contributed by atoms with Crippen molar-refractivity contribution in [3.8, 4) is 0 Å². The molecule has 0 bridgehead atoms. The van der Waals surface area contributed by atoms with E-state index in [9.17, 15) is 0 Å². The lowest BCUT2D eigenvalue weighted by Gasteiger charge is -2.26. The Bertz CT molecular complexity index is 4440. The normalized spacial score (nSPS) is 12.3. The topological polar surface area (TPSA) is 59.0 Å². The first-order valence-electron chi connectivity index (χ1n) is 25.6. The van der Waals surface area contributed by atoms with Crippen LogP contribution in [0.3, 0.4) is 0 Å². The predicted molar refractivity (Wildman–Crippen MR) is 308 cm³/mol. The van der Waals surface area contributed by atoms with Gasteiger partial charge >= 0.3 is 0 Å². The van der Waals surface area contributed by atoms with Crippen molar-refractivity contribution in [2.24, 2.45) is 0 Å². The molecule has 0 fully saturated rings. The molecule has 0 aliphatic heterocycles. The van der Waals surface area contributed by atoms with E-state index < -0.39 is 0 Å². The lowest BCUT2D eigenvalue weighted by atomic mass is 10.0. The van der Waals surface area contributed by atoms with Crippen LogP contribution in [0.15, 0.2) is 224 Å². The zero-order chi connectivity index (χ0) is 49.3. The van der Waals surface area contributed by atoms with Gasteiger partial charge in [0.15, 0.2) is 11.2 Å². The Morgan fingerprint density at radius 3 is 1.08 bits per heavy atom. The maximum Gasteiger partial charge on any atom is 0.159 e. The fraction of sp³-hybridized carbons (Fsp3) is 0.0882. The molecule has 0 radical (unpaired) electrons. The van der Waals surface area contributed by atoms with Gasteiger partial charge in [-0.3, -0.25) is 0 Å². The molecule has 0 saturated heterocycles. The molecule has 4 heterocycles. The van der Waals surface area contributed by atoms with Gasteiger partial charge in [-0.05, 0) is 154 Å². The van der Waals surface area contributed by atoms with E-state index in [0.717, 1.165) is 143 Å². The maximum absolute atomic E-state index is 6.78. The summed E-state index contributed by atoms with van der Waals surface area (Å²) in [5.74, 6) is 0.848. The first kappa shape index (κ1) is 42.4. The number of hydrogen-bond donors (Lipinski definition) is 0. The largest absolute Gasteiger partial charge is 0.456 e. The van der Waals surface area contributed by atoms with E-state index in [1.807, 2.05) is 24.3 Å². The van der Waals surface area contributed by atoms with Crippen LogP contribution in [0.4, 0.5) is 34.1 Å². The minimum atomic E-state index is 0.424. The van der Waals surface area contributed by atoms with E-state index in [1.54, 1.807) is 0 Å². The van der Waals surface area contributed by atoms with Gasteiger partial charge in [-0.2, -0.15) is 0 Å². The molecule has 74 heavy (non-hydrogen) atoms. The highest BCUT2D eigenvalue weighted by atomic mass is 16.3. The third-order valence-corrected chi connectivity index (χ3v) is 15.3. The van der Waals surface area contributed by atoms with Crippen molar-refractivity contribution < 1.29 is 17.7 Å². The molecule has 0 spiro atoms. The number of benzene rings is 11. The van der Waals surface area contributed by atoms with Crippen LogP contribution in [0.1, 0.15) is 50.7 Å². The fourth-order valence-electron chi connectivity index (χ4n) is 11.5. The van der Waals surface area contributed by atoms with Crippen molar-refractivity contribution in [1.29, 1.82) is 0 Å². The zero-order valence-electron chi connectivity index (χ0n) is 41.3. The molecule has 6 heteroatoms. The Kier molecular flexibility index (Phi) is 9.24. The number of rotatable bonds is 8. The Hall–Kier alpha value is -9.26. The molecule has 0 aliphatic carbocycles. The number of nitrogens with zero attached hydrogens (tertiary/aromatic N) is 2. The van der Waals surface area contributed by atoms with Crippen LogP contribution in [0, 0.1) is 0 Å². The summed E-state index contributed by atoms with van der Waals surface area (Å²) in [6.07, 6.45) is 0. The number of fused-ring (bicyclic) bond motifs is 14. The molecule has 6 nitrogen and oxygen atoms in total.